The number of anilines is 1. The largest absolute Gasteiger partial charge is 0.396 e. The van der Waals surface area contributed by atoms with Gasteiger partial charge >= 0.3 is 0 Å². The topological polar surface area (TPSA) is 43.1 Å². The van der Waals surface area contributed by atoms with Gasteiger partial charge in [-0.15, -0.1) is 11.3 Å². The van der Waals surface area contributed by atoms with Crippen molar-refractivity contribution in [3.8, 4) is 0 Å². The summed E-state index contributed by atoms with van der Waals surface area (Å²) in [6.07, 6.45) is 0. The van der Waals surface area contributed by atoms with Crippen LogP contribution in [0.5, 0.6) is 0 Å². The van der Waals surface area contributed by atoms with E-state index in [0.29, 0.717) is 10.6 Å². The van der Waals surface area contributed by atoms with E-state index in [9.17, 15) is 8.60 Å². The quantitative estimate of drug-likeness (QED) is 0.873. The minimum absolute atomic E-state index is 0.0737. The molecule has 0 fully saturated rings. The lowest BCUT2D eigenvalue weighted by molar-refractivity contribution is 0.627. The van der Waals surface area contributed by atoms with Gasteiger partial charge in [-0.05, 0) is 46.3 Å². The van der Waals surface area contributed by atoms with E-state index in [1.807, 2.05) is 12.1 Å². The van der Waals surface area contributed by atoms with Crippen LogP contribution in [0.4, 0.5) is 10.1 Å². The molecule has 0 bridgehead atoms. The van der Waals surface area contributed by atoms with E-state index >= 15 is 0 Å². The predicted molar refractivity (Wildman–Crippen MR) is 72.9 cm³/mol. The van der Waals surface area contributed by atoms with Crippen LogP contribution in [0, 0.1) is 5.82 Å². The summed E-state index contributed by atoms with van der Waals surface area (Å²) < 4.78 is 26.2. The second kappa shape index (κ2) is 5.29. The van der Waals surface area contributed by atoms with Gasteiger partial charge in [-0.3, -0.25) is 4.21 Å². The van der Waals surface area contributed by atoms with Crippen molar-refractivity contribution in [1.29, 1.82) is 0 Å². The minimum Gasteiger partial charge on any atom is -0.396 e. The van der Waals surface area contributed by atoms with Crippen LogP contribution >= 0.6 is 27.3 Å². The van der Waals surface area contributed by atoms with E-state index < -0.39 is 16.6 Å². The third kappa shape index (κ3) is 3.14. The summed E-state index contributed by atoms with van der Waals surface area (Å²) in [6.45, 7) is 0. The lowest BCUT2D eigenvalue weighted by Gasteiger charge is -2.02. The zero-order valence-electron chi connectivity index (χ0n) is 8.65. The SMILES string of the molecule is Nc1ccc(S(=O)Cc2ccc(Br)s2)cc1F. The Morgan fingerprint density at radius 2 is 2.12 bits per heavy atom. The van der Waals surface area contributed by atoms with Crippen LogP contribution in [-0.2, 0) is 16.6 Å². The summed E-state index contributed by atoms with van der Waals surface area (Å²) in [6, 6.07) is 8.07. The van der Waals surface area contributed by atoms with Gasteiger partial charge in [-0.1, -0.05) is 0 Å². The van der Waals surface area contributed by atoms with Crippen molar-refractivity contribution in [2.75, 3.05) is 5.73 Å². The zero-order valence-corrected chi connectivity index (χ0v) is 11.9. The molecular formula is C11H9BrFNOS2. The van der Waals surface area contributed by atoms with Crippen molar-refractivity contribution < 1.29 is 8.60 Å². The molecule has 1 aromatic heterocycles. The van der Waals surface area contributed by atoms with Gasteiger partial charge in [0.15, 0.2) is 0 Å². The van der Waals surface area contributed by atoms with Gasteiger partial charge in [0.2, 0.25) is 0 Å². The summed E-state index contributed by atoms with van der Waals surface area (Å²) in [5.74, 6) is -0.136. The molecule has 2 nitrogen and oxygen atoms in total. The number of hydrogen-bond donors (Lipinski definition) is 1. The Morgan fingerprint density at radius 3 is 2.71 bits per heavy atom. The van der Waals surface area contributed by atoms with E-state index in [0.717, 1.165) is 8.66 Å². The van der Waals surface area contributed by atoms with Crippen molar-refractivity contribution in [2.24, 2.45) is 0 Å². The Hall–Kier alpha value is -0.720. The molecule has 2 aromatic rings. The van der Waals surface area contributed by atoms with Crippen molar-refractivity contribution in [2.45, 2.75) is 10.6 Å². The molecule has 0 aliphatic carbocycles. The molecule has 0 spiro atoms. The van der Waals surface area contributed by atoms with E-state index in [-0.39, 0.29) is 5.69 Å². The van der Waals surface area contributed by atoms with E-state index in [2.05, 4.69) is 15.9 Å². The monoisotopic (exact) mass is 333 g/mol. The number of hydrogen-bond acceptors (Lipinski definition) is 3. The van der Waals surface area contributed by atoms with E-state index in [1.165, 1.54) is 23.5 Å². The highest BCUT2D eigenvalue weighted by Crippen LogP contribution is 2.25. The Balaban J connectivity index is 2.17. The second-order valence-electron chi connectivity index (χ2n) is 3.38. The molecule has 0 radical (unpaired) electrons. The highest BCUT2D eigenvalue weighted by Gasteiger charge is 2.09. The second-order valence-corrected chi connectivity index (χ2v) is 7.38. The van der Waals surface area contributed by atoms with Crippen LogP contribution in [0.1, 0.15) is 4.88 Å². The average Bonchev–Trinajstić information content (AvgIpc) is 2.68. The lowest BCUT2D eigenvalue weighted by Crippen LogP contribution is -1.97. The van der Waals surface area contributed by atoms with Crippen molar-refractivity contribution in [3.63, 3.8) is 0 Å². The van der Waals surface area contributed by atoms with Crippen LogP contribution in [-0.4, -0.2) is 4.21 Å². The summed E-state index contributed by atoms with van der Waals surface area (Å²) in [5.41, 5.74) is 5.44. The molecule has 2 N–H and O–H groups in total. The summed E-state index contributed by atoms with van der Waals surface area (Å²) in [7, 11) is -1.25. The molecule has 1 aromatic carbocycles. The Labute approximate surface area is 113 Å². The van der Waals surface area contributed by atoms with Crippen LogP contribution in [0.2, 0.25) is 0 Å². The van der Waals surface area contributed by atoms with Gasteiger partial charge in [0, 0.05) is 9.77 Å². The van der Waals surface area contributed by atoms with Crippen LogP contribution in [0.15, 0.2) is 39.0 Å². The normalized spacial score (nSPS) is 12.6. The fourth-order valence-corrected chi connectivity index (χ4v) is 4.10. The van der Waals surface area contributed by atoms with Crippen LogP contribution in [0.25, 0.3) is 0 Å². The molecule has 6 heteroatoms. The zero-order chi connectivity index (χ0) is 12.4. The smallest absolute Gasteiger partial charge is 0.147 e. The molecule has 0 amide bonds. The van der Waals surface area contributed by atoms with E-state index in [1.54, 1.807) is 6.07 Å². The third-order valence-corrected chi connectivity index (χ3v) is 5.30. The minimum atomic E-state index is -1.25. The van der Waals surface area contributed by atoms with Crippen LogP contribution in [0.3, 0.4) is 0 Å². The molecule has 0 saturated heterocycles. The molecule has 0 aliphatic rings. The number of nitrogen functional groups attached to an aromatic ring is 1. The molecule has 1 atom stereocenters. The standard InChI is InChI=1S/C11H9BrFNOS2/c12-11-4-1-7(16-11)6-17(15)8-2-3-10(14)9(13)5-8/h1-5H,6,14H2. The highest BCUT2D eigenvalue weighted by molar-refractivity contribution is 9.11. The molecule has 0 saturated carbocycles. The van der Waals surface area contributed by atoms with Crippen molar-refractivity contribution in [3.05, 3.63) is 44.8 Å². The molecule has 0 aliphatic heterocycles. The third-order valence-electron chi connectivity index (χ3n) is 2.14. The number of halogens is 2. The number of benzene rings is 1. The summed E-state index contributed by atoms with van der Waals surface area (Å²) >= 11 is 4.87. The Bertz CT molecular complexity index is 570. The molecule has 2 rings (SSSR count). The highest BCUT2D eigenvalue weighted by atomic mass is 79.9. The predicted octanol–water partition coefficient (Wildman–Crippen LogP) is 3.54. The van der Waals surface area contributed by atoms with Gasteiger partial charge in [0.25, 0.3) is 0 Å². The van der Waals surface area contributed by atoms with Gasteiger partial charge in [-0.2, -0.15) is 0 Å². The summed E-state index contributed by atoms with van der Waals surface area (Å²) in [4.78, 5) is 1.45. The average molecular weight is 334 g/mol. The number of rotatable bonds is 3. The first-order valence-electron chi connectivity index (χ1n) is 4.74. The fourth-order valence-electron chi connectivity index (χ4n) is 1.29. The molecule has 1 heterocycles. The maximum atomic E-state index is 13.2. The number of nitrogens with two attached hydrogens (primary N) is 1. The van der Waals surface area contributed by atoms with Crippen LogP contribution < -0.4 is 5.73 Å². The molecular weight excluding hydrogens is 325 g/mol. The van der Waals surface area contributed by atoms with Gasteiger partial charge in [-0.25, -0.2) is 4.39 Å². The first kappa shape index (κ1) is 12.7. The van der Waals surface area contributed by atoms with Gasteiger partial charge < -0.3 is 5.73 Å². The first-order valence-corrected chi connectivity index (χ1v) is 7.67. The maximum Gasteiger partial charge on any atom is 0.147 e. The first-order chi connectivity index (χ1) is 8.06. The maximum absolute atomic E-state index is 13.2. The molecule has 17 heavy (non-hydrogen) atoms. The van der Waals surface area contributed by atoms with Crippen molar-refractivity contribution >= 4 is 43.8 Å². The lowest BCUT2D eigenvalue weighted by atomic mass is 10.3. The Morgan fingerprint density at radius 1 is 1.35 bits per heavy atom. The van der Waals surface area contributed by atoms with Crippen molar-refractivity contribution in [1.82, 2.24) is 0 Å². The van der Waals surface area contributed by atoms with Gasteiger partial charge in [0.1, 0.15) is 5.82 Å². The molecule has 90 valence electrons. The van der Waals surface area contributed by atoms with Gasteiger partial charge in [0.05, 0.1) is 26.0 Å². The fraction of sp³-hybridized carbons (Fsp3) is 0.0909. The summed E-state index contributed by atoms with van der Waals surface area (Å²) in [5, 5.41) is 0. The van der Waals surface area contributed by atoms with E-state index in [4.69, 9.17) is 5.73 Å². The molecule has 1 unspecified atom stereocenters. The Kier molecular flexibility index (Phi) is 3.96. The number of thiophene rings is 1.